The summed E-state index contributed by atoms with van der Waals surface area (Å²) in [5.74, 6) is 0.538. The number of imide groups is 1. The lowest BCUT2D eigenvalue weighted by atomic mass is 9.92. The van der Waals surface area contributed by atoms with E-state index in [-0.39, 0.29) is 18.5 Å². The Morgan fingerprint density at radius 3 is 2.09 bits per heavy atom. The number of benzene rings is 1. The van der Waals surface area contributed by atoms with Gasteiger partial charge in [-0.1, -0.05) is 52.0 Å². The third kappa shape index (κ3) is 6.02. The molecule has 0 aliphatic carbocycles. The summed E-state index contributed by atoms with van der Waals surface area (Å²) in [6.45, 7) is 8.72. The van der Waals surface area contributed by atoms with Gasteiger partial charge in [-0.2, -0.15) is 0 Å². The van der Waals surface area contributed by atoms with Crippen molar-refractivity contribution >= 4 is 11.9 Å². The highest BCUT2D eigenvalue weighted by atomic mass is 16.2. The Labute approximate surface area is 139 Å². The van der Waals surface area contributed by atoms with Crippen LogP contribution in [0.3, 0.4) is 0 Å². The second kappa shape index (κ2) is 9.30. The van der Waals surface area contributed by atoms with Crippen molar-refractivity contribution in [3.05, 3.63) is 35.4 Å². The summed E-state index contributed by atoms with van der Waals surface area (Å²) in [5, 5.41) is 7.85. The summed E-state index contributed by atoms with van der Waals surface area (Å²) in [5.41, 5.74) is 2.48. The Kier molecular flexibility index (Phi) is 7.75. The van der Waals surface area contributed by atoms with Crippen molar-refractivity contribution in [2.45, 2.75) is 46.1 Å². The summed E-state index contributed by atoms with van der Waals surface area (Å²) >= 11 is 0. The monoisotopic (exact) mass is 319 g/mol. The number of amides is 3. The van der Waals surface area contributed by atoms with E-state index in [1.807, 2.05) is 0 Å². The van der Waals surface area contributed by atoms with Crippen LogP contribution >= 0.6 is 0 Å². The molecule has 0 aromatic heterocycles. The Morgan fingerprint density at radius 1 is 1.04 bits per heavy atom. The quantitative estimate of drug-likeness (QED) is 0.723. The maximum atomic E-state index is 11.7. The van der Waals surface area contributed by atoms with Gasteiger partial charge in [-0.15, -0.1) is 0 Å². The zero-order chi connectivity index (χ0) is 17.4. The standard InChI is InChI=1S/C18H29N3O2/c1-6-13(4)14-7-9-15(10-8-14)17(12(2)3)20-11-16(22)21-18(23)19-5/h7-10,12-13,17,20H,6,11H2,1-5H3,(H2,19,21,22,23)/t13-,17-/m0/s1. The van der Waals surface area contributed by atoms with Gasteiger partial charge in [-0.25, -0.2) is 4.79 Å². The van der Waals surface area contributed by atoms with Crippen LogP contribution in [0.25, 0.3) is 0 Å². The first-order chi connectivity index (χ1) is 10.9. The molecule has 23 heavy (non-hydrogen) atoms. The van der Waals surface area contributed by atoms with E-state index >= 15 is 0 Å². The zero-order valence-corrected chi connectivity index (χ0v) is 14.8. The molecule has 0 aliphatic heterocycles. The van der Waals surface area contributed by atoms with Crippen molar-refractivity contribution in [3.63, 3.8) is 0 Å². The van der Waals surface area contributed by atoms with Gasteiger partial charge in [-0.3, -0.25) is 10.1 Å². The Morgan fingerprint density at radius 2 is 1.61 bits per heavy atom. The van der Waals surface area contributed by atoms with E-state index in [1.54, 1.807) is 0 Å². The van der Waals surface area contributed by atoms with Crippen molar-refractivity contribution in [2.24, 2.45) is 5.92 Å². The summed E-state index contributed by atoms with van der Waals surface area (Å²) in [7, 11) is 1.48. The molecule has 3 amide bonds. The van der Waals surface area contributed by atoms with E-state index in [1.165, 1.54) is 12.6 Å². The molecule has 1 rings (SSSR count). The highest BCUT2D eigenvalue weighted by Crippen LogP contribution is 2.25. The predicted octanol–water partition coefficient (Wildman–Crippen LogP) is 2.94. The molecule has 5 nitrogen and oxygen atoms in total. The number of urea groups is 1. The minimum atomic E-state index is -0.490. The lowest BCUT2D eigenvalue weighted by molar-refractivity contribution is -0.119. The van der Waals surface area contributed by atoms with Gasteiger partial charge in [0.2, 0.25) is 5.91 Å². The van der Waals surface area contributed by atoms with Crippen molar-refractivity contribution in [1.82, 2.24) is 16.0 Å². The minimum Gasteiger partial charge on any atom is -0.341 e. The summed E-state index contributed by atoms with van der Waals surface area (Å²) in [6, 6.07) is 8.13. The van der Waals surface area contributed by atoms with Gasteiger partial charge in [0, 0.05) is 13.1 Å². The maximum Gasteiger partial charge on any atom is 0.321 e. The summed E-state index contributed by atoms with van der Waals surface area (Å²) in [4.78, 5) is 22.8. The van der Waals surface area contributed by atoms with Gasteiger partial charge in [0.25, 0.3) is 0 Å². The third-order valence-electron chi connectivity index (χ3n) is 4.11. The molecule has 5 heteroatoms. The first kappa shape index (κ1) is 19.2. The van der Waals surface area contributed by atoms with Gasteiger partial charge >= 0.3 is 6.03 Å². The number of nitrogens with one attached hydrogen (secondary N) is 3. The summed E-state index contributed by atoms with van der Waals surface area (Å²) in [6.07, 6.45) is 1.12. The van der Waals surface area contributed by atoms with Gasteiger partial charge in [0.15, 0.2) is 0 Å². The number of hydrogen-bond donors (Lipinski definition) is 3. The molecular weight excluding hydrogens is 290 g/mol. The van der Waals surface area contributed by atoms with Gasteiger partial charge in [0.05, 0.1) is 6.54 Å². The van der Waals surface area contributed by atoms with Gasteiger partial charge in [-0.05, 0) is 29.4 Å². The molecule has 0 radical (unpaired) electrons. The highest BCUT2D eigenvalue weighted by molar-refractivity contribution is 5.95. The van der Waals surface area contributed by atoms with Crippen LogP contribution in [0.15, 0.2) is 24.3 Å². The fourth-order valence-electron chi connectivity index (χ4n) is 2.44. The normalized spacial score (nSPS) is 13.5. The summed E-state index contributed by atoms with van der Waals surface area (Å²) < 4.78 is 0. The van der Waals surface area contributed by atoms with E-state index in [0.717, 1.165) is 12.0 Å². The molecule has 0 fully saturated rings. The molecule has 0 heterocycles. The molecule has 3 N–H and O–H groups in total. The first-order valence-electron chi connectivity index (χ1n) is 8.23. The third-order valence-corrected chi connectivity index (χ3v) is 4.11. The number of carbonyl (C=O) groups is 2. The molecule has 0 spiro atoms. The van der Waals surface area contributed by atoms with Crippen molar-refractivity contribution in [3.8, 4) is 0 Å². The fourth-order valence-corrected chi connectivity index (χ4v) is 2.44. The molecule has 0 aliphatic rings. The maximum absolute atomic E-state index is 11.7. The lowest BCUT2D eigenvalue weighted by Crippen LogP contribution is -2.43. The van der Waals surface area contributed by atoms with Crippen LogP contribution in [0.4, 0.5) is 4.79 Å². The average Bonchev–Trinajstić information content (AvgIpc) is 2.54. The first-order valence-corrected chi connectivity index (χ1v) is 8.23. The van der Waals surface area contributed by atoms with E-state index < -0.39 is 6.03 Å². The van der Waals surface area contributed by atoms with E-state index in [4.69, 9.17) is 0 Å². The van der Waals surface area contributed by atoms with Crippen molar-refractivity contribution in [1.29, 1.82) is 0 Å². The Bertz CT molecular complexity index is 512. The Hall–Kier alpha value is -1.88. The second-order valence-electron chi connectivity index (χ2n) is 6.21. The molecule has 0 bridgehead atoms. The van der Waals surface area contributed by atoms with Crippen LogP contribution in [0.1, 0.15) is 57.2 Å². The number of rotatable bonds is 7. The van der Waals surface area contributed by atoms with E-state index in [0.29, 0.717) is 11.8 Å². The molecule has 1 aromatic carbocycles. The lowest BCUT2D eigenvalue weighted by Gasteiger charge is -2.23. The van der Waals surface area contributed by atoms with Crippen LogP contribution < -0.4 is 16.0 Å². The molecule has 0 saturated carbocycles. The second-order valence-corrected chi connectivity index (χ2v) is 6.21. The van der Waals surface area contributed by atoms with Crippen molar-refractivity contribution < 1.29 is 9.59 Å². The van der Waals surface area contributed by atoms with E-state index in [9.17, 15) is 9.59 Å². The fraction of sp³-hybridized carbons (Fsp3) is 0.556. The average molecular weight is 319 g/mol. The predicted molar refractivity (Wildman–Crippen MR) is 93.3 cm³/mol. The van der Waals surface area contributed by atoms with Crippen LogP contribution in [0.5, 0.6) is 0 Å². The molecule has 1 aromatic rings. The Balaban J connectivity index is 2.71. The highest BCUT2D eigenvalue weighted by Gasteiger charge is 2.17. The minimum absolute atomic E-state index is 0.0661. The molecule has 2 atom stereocenters. The van der Waals surface area contributed by atoms with Crippen LogP contribution in [0, 0.1) is 5.92 Å². The van der Waals surface area contributed by atoms with Gasteiger partial charge < -0.3 is 10.6 Å². The van der Waals surface area contributed by atoms with Crippen LogP contribution in [0.2, 0.25) is 0 Å². The molecule has 0 saturated heterocycles. The van der Waals surface area contributed by atoms with Crippen molar-refractivity contribution in [2.75, 3.05) is 13.6 Å². The largest absolute Gasteiger partial charge is 0.341 e. The molecular formula is C18H29N3O2. The smallest absolute Gasteiger partial charge is 0.321 e. The number of hydrogen-bond acceptors (Lipinski definition) is 3. The van der Waals surface area contributed by atoms with E-state index in [2.05, 4.69) is 67.9 Å². The van der Waals surface area contributed by atoms with Crippen LogP contribution in [-0.2, 0) is 4.79 Å². The number of carbonyl (C=O) groups excluding carboxylic acids is 2. The molecule has 0 unspecified atom stereocenters. The SMILES string of the molecule is CC[C@H](C)c1ccc([C@@H](NCC(=O)NC(=O)NC)C(C)C)cc1. The van der Waals surface area contributed by atoms with Crippen LogP contribution in [-0.4, -0.2) is 25.5 Å². The zero-order valence-electron chi connectivity index (χ0n) is 14.8. The topological polar surface area (TPSA) is 70.2 Å². The molecule has 128 valence electrons. The van der Waals surface area contributed by atoms with Gasteiger partial charge in [0.1, 0.15) is 0 Å².